The quantitative estimate of drug-likeness (QED) is 0.262. The summed E-state index contributed by atoms with van der Waals surface area (Å²) >= 11 is 0. The van der Waals surface area contributed by atoms with Crippen molar-refractivity contribution in [1.82, 2.24) is 19.9 Å². The van der Waals surface area contributed by atoms with Gasteiger partial charge in [0.25, 0.3) is 0 Å². The third-order valence-electron chi connectivity index (χ3n) is 10.1. The second-order valence-corrected chi connectivity index (χ2v) is 13.4. The summed E-state index contributed by atoms with van der Waals surface area (Å²) in [5, 5.41) is 22.7. The number of aryl methyl sites for hydroxylation is 1. The Hall–Kier alpha value is -3.70. The minimum Gasteiger partial charge on any atom is -0.508 e. The van der Waals surface area contributed by atoms with E-state index >= 15 is 4.39 Å². The third-order valence-corrected chi connectivity index (χ3v) is 10.1. The van der Waals surface area contributed by atoms with Crippen LogP contribution in [0.4, 0.5) is 19.0 Å². The van der Waals surface area contributed by atoms with E-state index in [-0.39, 0.29) is 41.1 Å². The molecule has 2 aromatic heterocycles. The molecule has 0 radical (unpaired) electrons. The molecule has 45 heavy (non-hydrogen) atoms. The standard InChI is InChI=1S/C34H38F3N5O3/c1-4-23-26(36)7-6-19-12-22(43)13-24(27(19)23)29-28(37)30-25(15-38-29)31(41-11-8-20(16-41)33(2,3)44)40-32(39-30)45-18-34-9-5-10-42(34)17-21(35)14-34/h6-7,12-13,15,20-21,43-44H,4-5,8-11,14,16-18H2,1-3H3/t20-,21-,34?/m1/s1. The molecule has 11 heteroatoms. The normalized spacial score (nSPS) is 23.8. The van der Waals surface area contributed by atoms with Gasteiger partial charge in [-0.15, -0.1) is 0 Å². The second kappa shape index (κ2) is 11.0. The molecule has 3 aliphatic rings. The first-order valence-electron chi connectivity index (χ1n) is 15.8. The van der Waals surface area contributed by atoms with Gasteiger partial charge in [0.2, 0.25) is 0 Å². The van der Waals surface area contributed by atoms with Crippen LogP contribution in [0.2, 0.25) is 0 Å². The largest absolute Gasteiger partial charge is 0.508 e. The highest BCUT2D eigenvalue weighted by Crippen LogP contribution is 2.42. The van der Waals surface area contributed by atoms with Crippen LogP contribution in [0.25, 0.3) is 32.9 Å². The summed E-state index contributed by atoms with van der Waals surface area (Å²) in [7, 11) is 0. The first-order valence-corrected chi connectivity index (χ1v) is 15.8. The Kier molecular flexibility index (Phi) is 7.31. The minimum atomic E-state index is -0.925. The zero-order valence-corrected chi connectivity index (χ0v) is 25.8. The maximum absolute atomic E-state index is 16.8. The van der Waals surface area contributed by atoms with Crippen molar-refractivity contribution >= 4 is 27.5 Å². The van der Waals surface area contributed by atoms with Gasteiger partial charge in [-0.3, -0.25) is 9.88 Å². The number of halogens is 3. The van der Waals surface area contributed by atoms with Crippen molar-refractivity contribution in [3.63, 3.8) is 0 Å². The zero-order valence-electron chi connectivity index (χ0n) is 25.8. The van der Waals surface area contributed by atoms with Crippen molar-refractivity contribution in [2.45, 2.75) is 70.2 Å². The lowest BCUT2D eigenvalue weighted by molar-refractivity contribution is 0.0263. The summed E-state index contributed by atoms with van der Waals surface area (Å²) in [6.45, 7) is 7.82. The Morgan fingerprint density at radius 1 is 1.13 bits per heavy atom. The molecule has 4 aromatic rings. The predicted octanol–water partition coefficient (Wildman–Crippen LogP) is 5.94. The fourth-order valence-corrected chi connectivity index (χ4v) is 7.72. The Labute approximate surface area is 259 Å². The van der Waals surface area contributed by atoms with Crippen LogP contribution in [-0.4, -0.2) is 80.2 Å². The second-order valence-electron chi connectivity index (χ2n) is 13.4. The fourth-order valence-electron chi connectivity index (χ4n) is 7.72. The molecule has 3 fully saturated rings. The predicted molar refractivity (Wildman–Crippen MR) is 166 cm³/mol. The SMILES string of the molecule is CCc1c(F)ccc2cc(O)cc(-c3ncc4c(N5CC[C@@H](C(C)(C)O)C5)nc(OCC56CCCN5C[C@H](F)C6)nc4c3F)c12. The zero-order chi connectivity index (χ0) is 31.7. The molecule has 2 N–H and O–H groups in total. The Morgan fingerprint density at radius 2 is 1.96 bits per heavy atom. The van der Waals surface area contributed by atoms with Crippen LogP contribution >= 0.6 is 0 Å². The number of phenols is 1. The van der Waals surface area contributed by atoms with Crippen molar-refractivity contribution in [3.05, 3.63) is 47.7 Å². The molecule has 7 rings (SSSR count). The molecule has 0 aliphatic carbocycles. The topological polar surface area (TPSA) is 94.8 Å². The van der Waals surface area contributed by atoms with E-state index in [9.17, 15) is 19.0 Å². The van der Waals surface area contributed by atoms with Crippen molar-refractivity contribution in [2.75, 3.05) is 37.7 Å². The molecule has 2 aromatic carbocycles. The van der Waals surface area contributed by atoms with Gasteiger partial charge in [-0.2, -0.15) is 9.97 Å². The average molecular weight is 622 g/mol. The van der Waals surface area contributed by atoms with E-state index in [1.54, 1.807) is 19.9 Å². The first-order chi connectivity index (χ1) is 21.5. The van der Waals surface area contributed by atoms with E-state index in [2.05, 4.69) is 14.9 Å². The van der Waals surface area contributed by atoms with Crippen LogP contribution in [0, 0.1) is 17.6 Å². The van der Waals surface area contributed by atoms with Crippen LogP contribution in [0.1, 0.15) is 52.0 Å². The van der Waals surface area contributed by atoms with Gasteiger partial charge in [0.1, 0.15) is 41.4 Å². The van der Waals surface area contributed by atoms with Gasteiger partial charge in [-0.1, -0.05) is 13.0 Å². The van der Waals surface area contributed by atoms with Crippen molar-refractivity contribution in [2.24, 2.45) is 5.92 Å². The number of anilines is 1. The van der Waals surface area contributed by atoms with E-state index in [1.807, 2.05) is 11.8 Å². The van der Waals surface area contributed by atoms with E-state index in [4.69, 9.17) is 9.72 Å². The number of aromatic hydroxyl groups is 1. The minimum absolute atomic E-state index is 0.0202. The highest BCUT2D eigenvalue weighted by atomic mass is 19.1. The summed E-state index contributed by atoms with van der Waals surface area (Å²) in [6.07, 6.45) is 3.78. The summed E-state index contributed by atoms with van der Waals surface area (Å²) in [5.41, 5.74) is -0.797. The number of hydrogen-bond acceptors (Lipinski definition) is 8. The molecule has 0 bridgehead atoms. The number of aromatic nitrogens is 3. The lowest BCUT2D eigenvalue weighted by atomic mass is 9.90. The number of pyridine rings is 1. The molecule has 3 atom stereocenters. The molecule has 1 unspecified atom stereocenters. The van der Waals surface area contributed by atoms with Gasteiger partial charge in [0, 0.05) is 43.7 Å². The smallest absolute Gasteiger partial charge is 0.319 e. The number of fused-ring (bicyclic) bond motifs is 3. The van der Waals surface area contributed by atoms with Crippen LogP contribution < -0.4 is 9.64 Å². The van der Waals surface area contributed by atoms with Gasteiger partial charge >= 0.3 is 6.01 Å². The molecule has 0 saturated carbocycles. The monoisotopic (exact) mass is 621 g/mol. The van der Waals surface area contributed by atoms with Crippen LogP contribution in [-0.2, 0) is 6.42 Å². The Balaban J connectivity index is 1.37. The number of hydrogen-bond donors (Lipinski definition) is 2. The number of nitrogens with zero attached hydrogens (tertiary/aromatic N) is 5. The van der Waals surface area contributed by atoms with Crippen molar-refractivity contribution < 1.29 is 28.1 Å². The van der Waals surface area contributed by atoms with Crippen LogP contribution in [0.15, 0.2) is 30.5 Å². The van der Waals surface area contributed by atoms with Gasteiger partial charge in [-0.05, 0) is 80.6 Å². The highest BCUT2D eigenvalue weighted by molar-refractivity contribution is 6.01. The number of ether oxygens (including phenoxy) is 1. The Morgan fingerprint density at radius 3 is 2.71 bits per heavy atom. The van der Waals surface area contributed by atoms with Crippen molar-refractivity contribution in [1.29, 1.82) is 0 Å². The van der Waals surface area contributed by atoms with Gasteiger partial charge in [0.05, 0.1) is 16.5 Å². The maximum Gasteiger partial charge on any atom is 0.319 e. The molecular weight excluding hydrogens is 583 g/mol. The van der Waals surface area contributed by atoms with E-state index in [1.165, 1.54) is 24.4 Å². The number of benzene rings is 2. The molecule has 0 spiro atoms. The molecule has 3 aliphatic heterocycles. The lowest BCUT2D eigenvalue weighted by Crippen LogP contribution is -2.43. The van der Waals surface area contributed by atoms with Gasteiger partial charge < -0.3 is 19.8 Å². The molecule has 238 valence electrons. The molecule has 0 amide bonds. The number of aliphatic hydroxyl groups is 1. The van der Waals surface area contributed by atoms with Gasteiger partial charge in [-0.25, -0.2) is 13.2 Å². The molecular formula is C34H38F3N5O3. The number of alkyl halides is 1. The van der Waals surface area contributed by atoms with Crippen LogP contribution in [0.5, 0.6) is 11.8 Å². The first kappa shape index (κ1) is 30.0. The molecule has 3 saturated heterocycles. The summed E-state index contributed by atoms with van der Waals surface area (Å²) < 4.78 is 52.4. The molecule has 8 nitrogen and oxygen atoms in total. The van der Waals surface area contributed by atoms with Crippen molar-refractivity contribution in [3.8, 4) is 23.0 Å². The maximum atomic E-state index is 16.8. The summed E-state index contributed by atoms with van der Waals surface area (Å²) in [6, 6.07) is 5.79. The highest BCUT2D eigenvalue weighted by Gasteiger charge is 2.49. The lowest BCUT2D eigenvalue weighted by Gasteiger charge is -2.31. The van der Waals surface area contributed by atoms with Crippen LogP contribution in [0.3, 0.4) is 0 Å². The summed E-state index contributed by atoms with van der Waals surface area (Å²) in [4.78, 5) is 17.9. The van der Waals surface area contributed by atoms with Gasteiger partial charge in [0.15, 0.2) is 5.82 Å². The van der Waals surface area contributed by atoms with E-state index in [0.717, 1.165) is 25.8 Å². The average Bonchev–Trinajstić information content (AvgIpc) is 3.71. The molecule has 5 heterocycles. The Bertz CT molecular complexity index is 1800. The third kappa shape index (κ3) is 5.13. The number of rotatable bonds is 7. The summed E-state index contributed by atoms with van der Waals surface area (Å²) in [5.74, 6) is -0.857. The van der Waals surface area contributed by atoms with E-state index in [0.29, 0.717) is 60.0 Å². The fraction of sp³-hybridized carbons (Fsp3) is 0.500. The van der Waals surface area contributed by atoms with E-state index < -0.39 is 28.9 Å². The number of phenolic OH excluding ortho intramolecular Hbond substituents is 1.